The van der Waals surface area contributed by atoms with Gasteiger partial charge in [0.1, 0.15) is 0 Å². The van der Waals surface area contributed by atoms with E-state index in [1.54, 1.807) is 0 Å². The Kier molecular flexibility index (Phi) is 2.89. The zero-order valence-electron chi connectivity index (χ0n) is 6.48. The summed E-state index contributed by atoms with van der Waals surface area (Å²) in [6, 6.07) is 0.0658. The maximum Gasteiger partial charge on any atom is 0.454 e. The van der Waals surface area contributed by atoms with Crippen LogP contribution in [0.25, 0.3) is 0 Å². The van der Waals surface area contributed by atoms with Crippen LogP contribution < -0.4 is 11.5 Å². The third kappa shape index (κ3) is 2.45. The smallest absolute Gasteiger partial charge is 0.427 e. The normalized spacial score (nSPS) is 38.7. The van der Waals surface area contributed by atoms with Crippen molar-refractivity contribution < 1.29 is 10.0 Å². The largest absolute Gasteiger partial charge is 0.454 e. The molecule has 1 fully saturated rings. The molecule has 2 unspecified atom stereocenters. The first-order valence-electron chi connectivity index (χ1n) is 3.97. The molecule has 0 aromatic carbocycles. The molecule has 0 heterocycles. The summed E-state index contributed by atoms with van der Waals surface area (Å²) in [6.45, 7) is 0. The topological polar surface area (TPSA) is 92.5 Å². The van der Waals surface area contributed by atoms with Gasteiger partial charge in [-0.05, 0) is 25.1 Å². The third-order valence-electron chi connectivity index (χ3n) is 2.24. The van der Waals surface area contributed by atoms with Crippen LogP contribution >= 0.6 is 0 Å². The van der Waals surface area contributed by atoms with Crippen molar-refractivity contribution in [1.29, 1.82) is 0 Å². The number of hydrogen-bond donors (Lipinski definition) is 4. The molecular weight excluding hydrogens is 143 g/mol. The zero-order valence-corrected chi connectivity index (χ0v) is 6.48. The SMILES string of the molecule is NC1CC(N)CC(B(O)O)C1. The van der Waals surface area contributed by atoms with E-state index in [9.17, 15) is 0 Å². The van der Waals surface area contributed by atoms with Crippen molar-refractivity contribution in [3.05, 3.63) is 0 Å². The Labute approximate surface area is 66.7 Å². The molecule has 1 aliphatic carbocycles. The van der Waals surface area contributed by atoms with Crippen molar-refractivity contribution in [2.24, 2.45) is 11.5 Å². The van der Waals surface area contributed by atoms with Gasteiger partial charge in [-0.3, -0.25) is 0 Å². The van der Waals surface area contributed by atoms with Gasteiger partial charge < -0.3 is 21.5 Å². The fourth-order valence-corrected chi connectivity index (χ4v) is 1.70. The molecule has 6 N–H and O–H groups in total. The maximum absolute atomic E-state index is 8.86. The van der Waals surface area contributed by atoms with Crippen molar-refractivity contribution in [1.82, 2.24) is 0 Å². The minimum absolute atomic E-state index is 0.0329. The summed E-state index contributed by atoms with van der Waals surface area (Å²) in [7, 11) is -1.26. The first-order chi connectivity index (χ1) is 5.09. The second kappa shape index (κ2) is 3.54. The highest BCUT2D eigenvalue weighted by molar-refractivity contribution is 6.43. The molecule has 0 bridgehead atoms. The van der Waals surface area contributed by atoms with Gasteiger partial charge in [-0.15, -0.1) is 0 Å². The Balaban J connectivity index is 2.43. The molecule has 2 atom stereocenters. The first-order valence-corrected chi connectivity index (χ1v) is 3.97. The molecule has 0 aromatic heterocycles. The van der Waals surface area contributed by atoms with Gasteiger partial charge in [0.05, 0.1) is 0 Å². The molecule has 1 saturated carbocycles. The molecule has 0 saturated heterocycles. The van der Waals surface area contributed by atoms with Crippen LogP contribution in [0.3, 0.4) is 0 Å². The average molecular weight is 158 g/mol. The second-order valence-electron chi connectivity index (χ2n) is 3.40. The summed E-state index contributed by atoms with van der Waals surface area (Å²) in [6.07, 6.45) is 2.14. The highest BCUT2D eigenvalue weighted by atomic mass is 16.4. The lowest BCUT2D eigenvalue weighted by Crippen LogP contribution is -2.42. The van der Waals surface area contributed by atoms with Crippen LogP contribution in [-0.4, -0.2) is 29.3 Å². The maximum atomic E-state index is 8.86. The van der Waals surface area contributed by atoms with Gasteiger partial charge in [-0.1, -0.05) is 0 Å². The monoisotopic (exact) mass is 158 g/mol. The van der Waals surface area contributed by atoms with Crippen molar-refractivity contribution in [3.63, 3.8) is 0 Å². The van der Waals surface area contributed by atoms with E-state index in [1.807, 2.05) is 0 Å². The highest BCUT2D eigenvalue weighted by Gasteiger charge is 2.31. The van der Waals surface area contributed by atoms with Crippen LogP contribution in [-0.2, 0) is 0 Å². The second-order valence-corrected chi connectivity index (χ2v) is 3.40. The molecule has 11 heavy (non-hydrogen) atoms. The molecule has 0 radical (unpaired) electrons. The molecular formula is C6H15BN2O2. The molecule has 1 rings (SSSR count). The molecule has 4 nitrogen and oxygen atoms in total. The summed E-state index contributed by atoms with van der Waals surface area (Å²) < 4.78 is 0. The number of nitrogens with two attached hydrogens (primary N) is 2. The summed E-state index contributed by atoms with van der Waals surface area (Å²) in [4.78, 5) is 0. The van der Waals surface area contributed by atoms with Gasteiger partial charge in [-0.2, -0.15) is 0 Å². The van der Waals surface area contributed by atoms with Crippen molar-refractivity contribution in [2.45, 2.75) is 37.2 Å². The van der Waals surface area contributed by atoms with E-state index in [-0.39, 0.29) is 17.9 Å². The van der Waals surface area contributed by atoms with Gasteiger partial charge in [0.15, 0.2) is 0 Å². The van der Waals surface area contributed by atoms with E-state index >= 15 is 0 Å². The Bertz CT molecular complexity index is 124. The van der Waals surface area contributed by atoms with Gasteiger partial charge in [0.25, 0.3) is 0 Å². The van der Waals surface area contributed by atoms with Crippen molar-refractivity contribution >= 4 is 7.12 Å². The lowest BCUT2D eigenvalue weighted by molar-refractivity contribution is 0.318. The van der Waals surface area contributed by atoms with Gasteiger partial charge in [0, 0.05) is 12.1 Å². The van der Waals surface area contributed by atoms with E-state index in [0.29, 0.717) is 12.8 Å². The Hall–Kier alpha value is -0.0951. The van der Waals surface area contributed by atoms with Gasteiger partial charge in [-0.25, -0.2) is 0 Å². The quantitative estimate of drug-likeness (QED) is 0.355. The summed E-state index contributed by atoms with van der Waals surface area (Å²) in [5.74, 6) is -0.131. The van der Waals surface area contributed by atoms with Crippen LogP contribution in [0.4, 0.5) is 0 Å². The Morgan fingerprint density at radius 1 is 1.00 bits per heavy atom. The molecule has 0 spiro atoms. The summed E-state index contributed by atoms with van der Waals surface area (Å²) in [5.41, 5.74) is 11.3. The van der Waals surface area contributed by atoms with Crippen molar-refractivity contribution in [3.8, 4) is 0 Å². The molecule has 0 aliphatic heterocycles. The molecule has 0 aromatic rings. The molecule has 5 heteroatoms. The van der Waals surface area contributed by atoms with Crippen molar-refractivity contribution in [2.75, 3.05) is 0 Å². The van der Waals surface area contributed by atoms with E-state index < -0.39 is 7.12 Å². The standard InChI is InChI=1S/C6H15BN2O2/c8-5-1-4(7(10)11)2-6(9)3-5/h4-6,10-11H,1-3,8-9H2. The molecule has 64 valence electrons. The van der Waals surface area contributed by atoms with E-state index in [0.717, 1.165) is 6.42 Å². The van der Waals surface area contributed by atoms with E-state index in [1.165, 1.54) is 0 Å². The fourth-order valence-electron chi connectivity index (χ4n) is 1.70. The van der Waals surface area contributed by atoms with Crippen LogP contribution in [0.1, 0.15) is 19.3 Å². The minimum Gasteiger partial charge on any atom is -0.427 e. The average Bonchev–Trinajstić information content (AvgIpc) is 1.85. The number of hydrogen-bond acceptors (Lipinski definition) is 4. The van der Waals surface area contributed by atoms with Crippen LogP contribution in [0, 0.1) is 0 Å². The van der Waals surface area contributed by atoms with Gasteiger partial charge >= 0.3 is 7.12 Å². The Morgan fingerprint density at radius 3 is 1.82 bits per heavy atom. The van der Waals surface area contributed by atoms with Crippen LogP contribution in [0.2, 0.25) is 5.82 Å². The predicted octanol–water partition coefficient (Wildman–Crippen LogP) is -1.33. The lowest BCUT2D eigenvalue weighted by Gasteiger charge is -2.30. The summed E-state index contributed by atoms with van der Waals surface area (Å²) in [5, 5.41) is 17.7. The number of rotatable bonds is 1. The predicted molar refractivity (Wildman–Crippen MR) is 43.7 cm³/mol. The third-order valence-corrected chi connectivity index (χ3v) is 2.24. The fraction of sp³-hybridized carbons (Fsp3) is 1.00. The lowest BCUT2D eigenvalue weighted by atomic mass is 9.63. The molecule has 0 amide bonds. The van der Waals surface area contributed by atoms with Crippen LogP contribution in [0.15, 0.2) is 0 Å². The zero-order chi connectivity index (χ0) is 8.43. The van der Waals surface area contributed by atoms with Crippen LogP contribution in [0.5, 0.6) is 0 Å². The van der Waals surface area contributed by atoms with Gasteiger partial charge in [0.2, 0.25) is 0 Å². The van der Waals surface area contributed by atoms with E-state index in [4.69, 9.17) is 21.5 Å². The first kappa shape index (κ1) is 9.00. The Morgan fingerprint density at radius 2 is 1.45 bits per heavy atom. The summed E-state index contributed by atoms with van der Waals surface area (Å²) >= 11 is 0. The van der Waals surface area contributed by atoms with E-state index in [2.05, 4.69) is 0 Å². The minimum atomic E-state index is -1.26. The molecule has 1 aliphatic rings. The highest BCUT2D eigenvalue weighted by Crippen LogP contribution is 2.28.